The number of likely N-dealkylation sites (tertiary alicyclic amines) is 2. The number of benzene rings is 1. The molecule has 7 aliphatic rings. The summed E-state index contributed by atoms with van der Waals surface area (Å²) >= 11 is 0. The molecule has 2 N–H and O–H groups in total. The van der Waals surface area contributed by atoms with Crippen molar-refractivity contribution in [2.45, 2.75) is 94.4 Å². The number of amides is 4. The average Bonchev–Trinajstić information content (AvgIpc) is 3.77. The fraction of sp³-hybridized carbons (Fsp3) is 0.722. The van der Waals surface area contributed by atoms with Gasteiger partial charge in [0.2, 0.25) is 17.7 Å². The van der Waals surface area contributed by atoms with Crippen molar-refractivity contribution in [2.24, 2.45) is 11.8 Å². The van der Waals surface area contributed by atoms with E-state index in [9.17, 15) is 19.2 Å². The lowest BCUT2D eigenvalue weighted by Gasteiger charge is -2.44. The molecule has 8 rings (SSSR count). The number of carbonyl (C=O) groups is 4. The molecule has 0 aromatic heterocycles. The second kappa shape index (κ2) is 14.6. The van der Waals surface area contributed by atoms with Crippen molar-refractivity contribution < 1.29 is 23.9 Å². The van der Waals surface area contributed by atoms with E-state index in [1.807, 2.05) is 18.2 Å². The van der Waals surface area contributed by atoms with Crippen molar-refractivity contribution >= 4 is 23.6 Å². The van der Waals surface area contributed by atoms with Gasteiger partial charge in [0.25, 0.3) is 5.91 Å². The summed E-state index contributed by atoms with van der Waals surface area (Å²) in [6, 6.07) is 8.76. The van der Waals surface area contributed by atoms with Crippen LogP contribution in [-0.4, -0.2) is 132 Å². The zero-order valence-corrected chi connectivity index (χ0v) is 27.7. The maximum atomic E-state index is 13.8. The van der Waals surface area contributed by atoms with Gasteiger partial charge in [-0.1, -0.05) is 18.2 Å². The van der Waals surface area contributed by atoms with Crippen LogP contribution in [-0.2, 0) is 19.1 Å². The van der Waals surface area contributed by atoms with Gasteiger partial charge in [-0.05, 0) is 94.8 Å². The van der Waals surface area contributed by atoms with Gasteiger partial charge in [0.05, 0.1) is 6.04 Å². The van der Waals surface area contributed by atoms with Crippen LogP contribution in [0, 0.1) is 11.8 Å². The monoisotopic (exact) mass is 648 g/mol. The number of nitrogens with zero attached hydrogens (tertiary/aromatic N) is 4. The zero-order valence-electron chi connectivity index (χ0n) is 27.7. The van der Waals surface area contributed by atoms with E-state index in [2.05, 4.69) is 25.3 Å². The van der Waals surface area contributed by atoms with Crippen LogP contribution < -0.4 is 10.6 Å². The minimum Gasteiger partial charge on any atom is -0.381 e. The summed E-state index contributed by atoms with van der Waals surface area (Å²) in [5, 5.41) is 6.44. The molecular formula is C36H52N6O5. The number of hydrogen-bond donors (Lipinski definition) is 2. The molecule has 0 unspecified atom stereocenters. The van der Waals surface area contributed by atoms with Crippen molar-refractivity contribution in [3.63, 3.8) is 0 Å². The predicted octanol–water partition coefficient (Wildman–Crippen LogP) is 1.87. The highest BCUT2D eigenvalue weighted by Gasteiger charge is 2.44. The molecule has 0 saturated carbocycles. The van der Waals surface area contributed by atoms with Gasteiger partial charge in [-0.15, -0.1) is 0 Å². The number of piperidine rings is 2. The highest BCUT2D eigenvalue weighted by atomic mass is 16.5. The van der Waals surface area contributed by atoms with Gasteiger partial charge in [-0.25, -0.2) is 0 Å². The molecule has 4 amide bonds. The van der Waals surface area contributed by atoms with E-state index in [0.29, 0.717) is 43.5 Å². The summed E-state index contributed by atoms with van der Waals surface area (Å²) in [6.07, 6.45) is 8.40. The standard InChI is InChI=1S/C36H52N6O5/c43-33-21-26-9-16-40(29-12-19-47-20-13-29)23-27(26)8-14-37-34(44)32-22-28(24-42(32)36(46)25-5-2-1-3-6-25)38-35(45)31-7-4-15-41(31)30-10-17-39(33)18-11-30/h1-3,5-6,26-32H,4,7-24H2,(H,37,44)(H,38,45)/t26-,27-,28-,31-,32-/m0/s1. The van der Waals surface area contributed by atoms with Crippen LogP contribution in [0.2, 0.25) is 0 Å². The van der Waals surface area contributed by atoms with Crippen molar-refractivity contribution in [3.8, 4) is 0 Å². The maximum absolute atomic E-state index is 13.8. The van der Waals surface area contributed by atoms with Crippen LogP contribution >= 0.6 is 0 Å². The minimum absolute atomic E-state index is 0.00440. The minimum atomic E-state index is -0.652. The summed E-state index contributed by atoms with van der Waals surface area (Å²) in [7, 11) is 0. The lowest BCUT2D eigenvalue weighted by molar-refractivity contribution is -0.136. The molecule has 256 valence electrons. The van der Waals surface area contributed by atoms with Crippen molar-refractivity contribution in [3.05, 3.63) is 35.9 Å². The van der Waals surface area contributed by atoms with E-state index >= 15 is 0 Å². The van der Waals surface area contributed by atoms with Crippen LogP contribution in [0.15, 0.2) is 30.3 Å². The van der Waals surface area contributed by atoms with Gasteiger partial charge in [-0.2, -0.15) is 0 Å². The molecule has 11 nitrogen and oxygen atoms in total. The Morgan fingerprint density at radius 2 is 1.55 bits per heavy atom. The molecule has 4 bridgehead atoms. The topological polar surface area (TPSA) is 115 Å². The molecule has 7 aliphatic heterocycles. The van der Waals surface area contributed by atoms with Crippen molar-refractivity contribution in [1.29, 1.82) is 0 Å². The average molecular weight is 649 g/mol. The fourth-order valence-corrected chi connectivity index (χ4v) is 9.35. The number of carbonyl (C=O) groups excluding carboxylic acids is 4. The van der Waals surface area contributed by atoms with E-state index in [4.69, 9.17) is 4.74 Å². The molecule has 0 spiro atoms. The van der Waals surface area contributed by atoms with Crippen LogP contribution in [0.5, 0.6) is 0 Å². The summed E-state index contributed by atoms with van der Waals surface area (Å²) in [6.45, 7) is 6.75. The molecule has 1 aromatic carbocycles. The van der Waals surface area contributed by atoms with Gasteiger partial charge in [0.15, 0.2) is 0 Å². The maximum Gasteiger partial charge on any atom is 0.254 e. The predicted molar refractivity (Wildman–Crippen MR) is 176 cm³/mol. The van der Waals surface area contributed by atoms with Crippen molar-refractivity contribution in [1.82, 2.24) is 30.2 Å². The Morgan fingerprint density at radius 3 is 2.34 bits per heavy atom. The van der Waals surface area contributed by atoms with Gasteiger partial charge >= 0.3 is 0 Å². The molecule has 47 heavy (non-hydrogen) atoms. The first kappa shape index (κ1) is 32.5. The lowest BCUT2D eigenvalue weighted by atomic mass is 9.79. The molecule has 7 heterocycles. The van der Waals surface area contributed by atoms with Crippen LogP contribution in [0.25, 0.3) is 0 Å². The lowest BCUT2D eigenvalue weighted by Crippen LogP contribution is -2.54. The quantitative estimate of drug-likeness (QED) is 0.504. The summed E-state index contributed by atoms with van der Waals surface area (Å²) in [5.41, 5.74) is 0.544. The van der Waals surface area contributed by atoms with E-state index in [1.165, 1.54) is 0 Å². The van der Waals surface area contributed by atoms with E-state index in [-0.39, 0.29) is 47.7 Å². The second-order valence-electron chi connectivity index (χ2n) is 14.7. The highest BCUT2D eigenvalue weighted by molar-refractivity contribution is 5.98. The second-order valence-corrected chi connectivity index (χ2v) is 14.7. The Kier molecular flexibility index (Phi) is 10.1. The van der Waals surface area contributed by atoms with Crippen LogP contribution in [0.1, 0.15) is 74.6 Å². The van der Waals surface area contributed by atoms with Gasteiger partial charge in [0.1, 0.15) is 6.04 Å². The molecule has 7 saturated heterocycles. The number of ether oxygens (including phenoxy) is 1. The third kappa shape index (κ3) is 7.22. The normalized spacial score (nSPS) is 33.7. The highest BCUT2D eigenvalue weighted by Crippen LogP contribution is 2.34. The summed E-state index contributed by atoms with van der Waals surface area (Å²) in [5.74, 6) is 0.487. The van der Waals surface area contributed by atoms with Gasteiger partial charge < -0.3 is 25.2 Å². The number of fused-ring (bicyclic) bond motifs is 7. The third-order valence-corrected chi connectivity index (χ3v) is 12.0. The summed E-state index contributed by atoms with van der Waals surface area (Å²) in [4.78, 5) is 63.6. The number of nitrogens with one attached hydrogen (secondary N) is 2. The van der Waals surface area contributed by atoms with Gasteiger partial charge in [0, 0.05) is 76.0 Å². The third-order valence-electron chi connectivity index (χ3n) is 12.0. The smallest absolute Gasteiger partial charge is 0.254 e. The van der Waals surface area contributed by atoms with Crippen LogP contribution in [0.4, 0.5) is 0 Å². The molecule has 0 aliphatic carbocycles. The molecule has 7 fully saturated rings. The first-order valence-corrected chi connectivity index (χ1v) is 18.2. The molecule has 5 atom stereocenters. The largest absolute Gasteiger partial charge is 0.381 e. The van der Waals surface area contributed by atoms with Crippen LogP contribution in [0.3, 0.4) is 0 Å². The van der Waals surface area contributed by atoms with Gasteiger partial charge in [-0.3, -0.25) is 29.0 Å². The first-order chi connectivity index (χ1) is 22.9. The number of hydrogen-bond acceptors (Lipinski definition) is 7. The van der Waals surface area contributed by atoms with E-state index in [0.717, 1.165) is 97.3 Å². The Morgan fingerprint density at radius 1 is 0.766 bits per heavy atom. The Hall–Kier alpha value is -3.02. The Labute approximate surface area is 278 Å². The Bertz CT molecular complexity index is 1280. The summed E-state index contributed by atoms with van der Waals surface area (Å²) < 4.78 is 5.64. The van der Waals surface area contributed by atoms with E-state index < -0.39 is 6.04 Å². The zero-order chi connectivity index (χ0) is 32.3. The number of rotatable bonds is 2. The molecular weight excluding hydrogens is 596 g/mol. The SMILES string of the molecule is O=C1NCC[C@H]2CN(C3CCOCC3)CC[C@H]2CC(=O)N2CCC(CC2)N2CCC[C@H]2C(=O)N[C@H]2C[C@@H]1N(C(=O)c1ccccc1)C2. The van der Waals surface area contributed by atoms with Crippen molar-refractivity contribution in [2.75, 3.05) is 59.0 Å². The van der Waals surface area contributed by atoms with E-state index in [1.54, 1.807) is 17.0 Å². The molecule has 1 aromatic rings. The fourth-order valence-electron chi connectivity index (χ4n) is 9.35. The molecule has 0 radical (unpaired) electrons. The Balaban J connectivity index is 1.12. The molecule has 11 heteroatoms. The first-order valence-electron chi connectivity index (χ1n) is 18.2.